The molecular weight excluding hydrogens is 458 g/mol. The first-order valence-corrected chi connectivity index (χ1v) is 12.8. The van der Waals surface area contributed by atoms with Crippen molar-refractivity contribution in [1.82, 2.24) is 14.7 Å². The van der Waals surface area contributed by atoms with Crippen LogP contribution >= 0.6 is 0 Å². The number of methoxy groups -OCH3 is 2. The molecule has 1 N–H and O–H groups in total. The standard InChI is InChI=1S/C28H41N3O5/c1-29(19-23-4-7-25(33-2)8-5-23)21-28(32)10-11-31(22-28)20-24-6-9-26(27(18-24)34-3)36-17-14-30-12-15-35-16-13-30/h4-9,18,32H,10-17,19-22H2,1-3H3. The molecule has 0 aromatic heterocycles. The number of morpholine rings is 1. The van der Waals surface area contributed by atoms with Crippen molar-refractivity contribution in [3.8, 4) is 17.2 Å². The molecule has 8 nitrogen and oxygen atoms in total. The van der Waals surface area contributed by atoms with Crippen molar-refractivity contribution in [2.45, 2.75) is 25.1 Å². The van der Waals surface area contributed by atoms with Crippen LogP contribution in [-0.2, 0) is 17.8 Å². The van der Waals surface area contributed by atoms with Crippen molar-refractivity contribution >= 4 is 0 Å². The molecule has 0 spiro atoms. The normalized spacial score (nSPS) is 21.1. The second kappa shape index (κ2) is 12.7. The number of hydrogen-bond donors (Lipinski definition) is 1. The first-order valence-electron chi connectivity index (χ1n) is 12.8. The number of aliphatic hydroxyl groups is 1. The molecule has 2 saturated heterocycles. The van der Waals surface area contributed by atoms with Crippen molar-refractivity contribution in [2.24, 2.45) is 0 Å². The van der Waals surface area contributed by atoms with Gasteiger partial charge < -0.3 is 24.1 Å². The molecule has 2 aliphatic rings. The molecule has 1 unspecified atom stereocenters. The lowest BCUT2D eigenvalue weighted by molar-refractivity contribution is 0.0162. The van der Waals surface area contributed by atoms with Gasteiger partial charge in [-0.1, -0.05) is 18.2 Å². The Bertz CT molecular complexity index is 951. The summed E-state index contributed by atoms with van der Waals surface area (Å²) < 4.78 is 22.3. The van der Waals surface area contributed by atoms with Gasteiger partial charge in [0, 0.05) is 52.4 Å². The van der Waals surface area contributed by atoms with Gasteiger partial charge in [-0.05, 0) is 48.9 Å². The van der Waals surface area contributed by atoms with Crippen LogP contribution in [0.3, 0.4) is 0 Å². The van der Waals surface area contributed by atoms with Crippen molar-refractivity contribution < 1.29 is 24.1 Å². The number of likely N-dealkylation sites (tertiary alicyclic amines) is 1. The topological polar surface area (TPSA) is 66.9 Å². The van der Waals surface area contributed by atoms with Gasteiger partial charge in [0.15, 0.2) is 11.5 Å². The maximum absolute atomic E-state index is 11.3. The molecule has 2 fully saturated rings. The van der Waals surface area contributed by atoms with E-state index in [0.717, 1.165) is 81.7 Å². The van der Waals surface area contributed by atoms with Gasteiger partial charge >= 0.3 is 0 Å². The van der Waals surface area contributed by atoms with E-state index in [0.29, 0.717) is 19.7 Å². The molecule has 0 bridgehead atoms. The van der Waals surface area contributed by atoms with Gasteiger partial charge in [0.25, 0.3) is 0 Å². The second-order valence-electron chi connectivity index (χ2n) is 9.99. The highest BCUT2D eigenvalue weighted by molar-refractivity contribution is 5.43. The monoisotopic (exact) mass is 499 g/mol. The Balaban J connectivity index is 1.25. The van der Waals surface area contributed by atoms with Crippen molar-refractivity contribution in [1.29, 1.82) is 0 Å². The van der Waals surface area contributed by atoms with Crippen LogP contribution in [0.4, 0.5) is 0 Å². The van der Waals surface area contributed by atoms with E-state index in [1.165, 1.54) is 5.56 Å². The van der Waals surface area contributed by atoms with E-state index in [2.05, 4.69) is 46.0 Å². The third kappa shape index (κ3) is 7.57. The number of nitrogens with zero attached hydrogens (tertiary/aromatic N) is 3. The van der Waals surface area contributed by atoms with Gasteiger partial charge in [-0.2, -0.15) is 0 Å². The molecule has 2 aliphatic heterocycles. The molecule has 36 heavy (non-hydrogen) atoms. The molecule has 0 aliphatic carbocycles. The molecule has 0 amide bonds. The summed E-state index contributed by atoms with van der Waals surface area (Å²) in [6.07, 6.45) is 0.764. The van der Waals surface area contributed by atoms with E-state index in [9.17, 15) is 5.11 Å². The summed E-state index contributed by atoms with van der Waals surface area (Å²) in [6.45, 7) is 8.72. The third-order valence-electron chi connectivity index (χ3n) is 6.99. The quantitative estimate of drug-likeness (QED) is 0.478. The van der Waals surface area contributed by atoms with Crippen LogP contribution in [0.25, 0.3) is 0 Å². The van der Waals surface area contributed by atoms with Crippen LogP contribution in [0.1, 0.15) is 17.5 Å². The SMILES string of the molecule is COc1ccc(CN(C)CC2(O)CCN(Cc3ccc(OCCN4CCOCC4)c(OC)c3)C2)cc1. The maximum Gasteiger partial charge on any atom is 0.161 e. The highest BCUT2D eigenvalue weighted by atomic mass is 16.5. The molecule has 2 aromatic rings. The van der Waals surface area contributed by atoms with Crippen LogP contribution in [-0.4, -0.2) is 106 Å². The average molecular weight is 500 g/mol. The molecule has 198 valence electrons. The minimum absolute atomic E-state index is 0.624. The molecule has 1 atom stereocenters. The van der Waals surface area contributed by atoms with E-state index in [1.54, 1.807) is 14.2 Å². The molecule has 2 heterocycles. The Morgan fingerprint density at radius 2 is 1.69 bits per heavy atom. The Hall–Kier alpha value is -2.36. The summed E-state index contributed by atoms with van der Waals surface area (Å²) in [5.41, 5.74) is 1.65. The predicted molar refractivity (Wildman–Crippen MR) is 140 cm³/mol. The molecule has 2 aromatic carbocycles. The fourth-order valence-electron chi connectivity index (χ4n) is 5.10. The van der Waals surface area contributed by atoms with E-state index >= 15 is 0 Å². The maximum atomic E-state index is 11.3. The van der Waals surface area contributed by atoms with Gasteiger partial charge in [0.2, 0.25) is 0 Å². The Labute approximate surface area is 215 Å². The van der Waals surface area contributed by atoms with Crippen LogP contribution in [0.2, 0.25) is 0 Å². The highest BCUT2D eigenvalue weighted by Crippen LogP contribution is 2.30. The first kappa shape index (κ1) is 26.7. The summed E-state index contributed by atoms with van der Waals surface area (Å²) in [5, 5.41) is 11.3. The van der Waals surface area contributed by atoms with Crippen molar-refractivity contribution in [3.63, 3.8) is 0 Å². The van der Waals surface area contributed by atoms with Crippen molar-refractivity contribution in [3.05, 3.63) is 53.6 Å². The van der Waals surface area contributed by atoms with Gasteiger partial charge in [0.05, 0.1) is 33.0 Å². The highest BCUT2D eigenvalue weighted by Gasteiger charge is 2.36. The van der Waals surface area contributed by atoms with Crippen LogP contribution in [0.5, 0.6) is 17.2 Å². The largest absolute Gasteiger partial charge is 0.497 e. The molecule has 8 heteroatoms. The number of hydrogen-bond acceptors (Lipinski definition) is 8. The minimum atomic E-state index is -0.714. The first-order chi connectivity index (χ1) is 17.5. The number of β-amino-alcohol motifs (C(OH)–C–C–N with tert-alkyl or cyclic N) is 1. The summed E-state index contributed by atoms with van der Waals surface area (Å²) in [6, 6.07) is 14.2. The van der Waals surface area contributed by atoms with Gasteiger partial charge in [-0.15, -0.1) is 0 Å². The number of likely N-dealkylation sites (N-methyl/N-ethyl adjacent to an activating group) is 1. The number of rotatable bonds is 12. The average Bonchev–Trinajstić information content (AvgIpc) is 3.25. The molecule has 0 radical (unpaired) electrons. The van der Waals surface area contributed by atoms with E-state index in [4.69, 9.17) is 18.9 Å². The molecule has 0 saturated carbocycles. The Kier molecular flexibility index (Phi) is 9.45. The van der Waals surface area contributed by atoms with E-state index in [1.807, 2.05) is 18.2 Å². The zero-order valence-corrected chi connectivity index (χ0v) is 21.9. The zero-order chi connectivity index (χ0) is 25.4. The molecular formula is C28H41N3O5. The van der Waals surface area contributed by atoms with Crippen molar-refractivity contribution in [2.75, 3.05) is 80.4 Å². The smallest absolute Gasteiger partial charge is 0.161 e. The van der Waals surface area contributed by atoms with Crippen LogP contribution in [0.15, 0.2) is 42.5 Å². The predicted octanol–water partition coefficient (Wildman–Crippen LogP) is 2.48. The summed E-state index contributed by atoms with van der Waals surface area (Å²) >= 11 is 0. The van der Waals surface area contributed by atoms with E-state index < -0.39 is 5.60 Å². The second-order valence-corrected chi connectivity index (χ2v) is 9.99. The van der Waals surface area contributed by atoms with Crippen LogP contribution < -0.4 is 14.2 Å². The lowest BCUT2D eigenvalue weighted by Gasteiger charge is -2.29. The Morgan fingerprint density at radius 1 is 0.944 bits per heavy atom. The summed E-state index contributed by atoms with van der Waals surface area (Å²) in [7, 11) is 5.42. The minimum Gasteiger partial charge on any atom is -0.497 e. The summed E-state index contributed by atoms with van der Waals surface area (Å²) in [5.74, 6) is 2.38. The fraction of sp³-hybridized carbons (Fsp3) is 0.571. The van der Waals surface area contributed by atoms with Crippen LogP contribution in [0, 0.1) is 0 Å². The lowest BCUT2D eigenvalue weighted by atomic mass is 10.0. The number of benzene rings is 2. The fourth-order valence-corrected chi connectivity index (χ4v) is 5.10. The van der Waals surface area contributed by atoms with Gasteiger partial charge in [-0.25, -0.2) is 0 Å². The third-order valence-corrected chi connectivity index (χ3v) is 6.99. The van der Waals surface area contributed by atoms with Gasteiger partial charge in [0.1, 0.15) is 12.4 Å². The van der Waals surface area contributed by atoms with E-state index in [-0.39, 0.29) is 0 Å². The molecule has 4 rings (SSSR count). The number of ether oxygens (including phenoxy) is 4. The zero-order valence-electron chi connectivity index (χ0n) is 21.9. The summed E-state index contributed by atoms with van der Waals surface area (Å²) in [4.78, 5) is 6.86. The lowest BCUT2D eigenvalue weighted by Crippen LogP contribution is -2.43. The van der Waals surface area contributed by atoms with Gasteiger partial charge in [-0.3, -0.25) is 14.7 Å². The Morgan fingerprint density at radius 3 is 2.42 bits per heavy atom.